The van der Waals surface area contributed by atoms with E-state index in [0.29, 0.717) is 35.4 Å². The van der Waals surface area contributed by atoms with E-state index < -0.39 is 5.25 Å². The van der Waals surface area contributed by atoms with Gasteiger partial charge in [-0.1, -0.05) is 23.9 Å². The molecule has 33 heavy (non-hydrogen) atoms. The smallest absolute Gasteiger partial charge is 0.243 e. The summed E-state index contributed by atoms with van der Waals surface area (Å²) < 4.78 is 18.7. The van der Waals surface area contributed by atoms with Crippen LogP contribution in [-0.2, 0) is 16.1 Å². The zero-order valence-electron chi connectivity index (χ0n) is 17.9. The van der Waals surface area contributed by atoms with Gasteiger partial charge >= 0.3 is 0 Å². The molecule has 9 heteroatoms. The normalized spacial score (nSPS) is 16.9. The highest BCUT2D eigenvalue weighted by molar-refractivity contribution is 8.15. The molecule has 0 radical (unpaired) electrons. The highest BCUT2D eigenvalue weighted by Gasteiger charge is 2.39. The number of aliphatic imine (C=N–C) groups is 1. The summed E-state index contributed by atoms with van der Waals surface area (Å²) in [6, 6.07) is 16.8. The van der Waals surface area contributed by atoms with Crippen LogP contribution in [0.3, 0.4) is 0 Å². The van der Waals surface area contributed by atoms with Gasteiger partial charge in [0.25, 0.3) is 0 Å². The van der Waals surface area contributed by atoms with Gasteiger partial charge < -0.3 is 10.1 Å². The molecule has 0 saturated carbocycles. The van der Waals surface area contributed by atoms with Crippen molar-refractivity contribution in [2.45, 2.75) is 25.1 Å². The number of thiophene rings is 1. The maximum atomic E-state index is 13.3. The molecule has 1 aliphatic rings. The molecule has 1 fully saturated rings. The van der Waals surface area contributed by atoms with Crippen molar-refractivity contribution in [3.8, 4) is 5.75 Å². The minimum Gasteiger partial charge on any atom is -0.494 e. The number of nitrogens with zero attached hydrogens (tertiary/aromatic N) is 2. The van der Waals surface area contributed by atoms with Crippen LogP contribution in [0.4, 0.5) is 15.8 Å². The maximum Gasteiger partial charge on any atom is 0.243 e. The van der Waals surface area contributed by atoms with Gasteiger partial charge in [-0.15, -0.1) is 11.3 Å². The van der Waals surface area contributed by atoms with Gasteiger partial charge in [0.1, 0.15) is 16.8 Å². The van der Waals surface area contributed by atoms with Crippen LogP contribution in [0.25, 0.3) is 0 Å². The molecule has 1 N–H and O–H groups in total. The van der Waals surface area contributed by atoms with Crippen LogP contribution in [0.15, 0.2) is 71.0 Å². The Balaban J connectivity index is 1.49. The van der Waals surface area contributed by atoms with E-state index in [0.717, 1.165) is 4.88 Å². The molecule has 0 spiro atoms. The monoisotopic (exact) mass is 483 g/mol. The molecule has 2 heterocycles. The van der Waals surface area contributed by atoms with Crippen LogP contribution in [0.2, 0.25) is 0 Å². The number of halogens is 1. The van der Waals surface area contributed by atoms with Gasteiger partial charge in [-0.2, -0.15) is 0 Å². The maximum absolute atomic E-state index is 13.3. The van der Waals surface area contributed by atoms with E-state index in [9.17, 15) is 14.0 Å². The molecule has 1 aromatic heterocycles. The van der Waals surface area contributed by atoms with Crippen molar-refractivity contribution in [1.82, 2.24) is 4.90 Å². The predicted octanol–water partition coefficient (Wildman–Crippen LogP) is 5.45. The van der Waals surface area contributed by atoms with Gasteiger partial charge in [0, 0.05) is 23.1 Å². The van der Waals surface area contributed by atoms with Crippen molar-refractivity contribution in [3.05, 3.63) is 76.7 Å². The number of hydrogen-bond donors (Lipinski definition) is 1. The minimum atomic E-state index is -0.598. The highest BCUT2D eigenvalue weighted by atomic mass is 32.2. The first-order valence-corrected chi connectivity index (χ1v) is 12.1. The average Bonchev–Trinajstić information content (AvgIpc) is 3.40. The number of amides is 2. The Labute approximate surface area is 199 Å². The van der Waals surface area contributed by atoms with Crippen molar-refractivity contribution in [1.29, 1.82) is 0 Å². The number of benzene rings is 2. The van der Waals surface area contributed by atoms with Crippen molar-refractivity contribution < 1.29 is 18.7 Å². The van der Waals surface area contributed by atoms with Crippen LogP contribution in [0, 0.1) is 5.82 Å². The Kier molecular flexibility index (Phi) is 7.41. The molecular formula is C24H22FN3O3S2. The largest absolute Gasteiger partial charge is 0.494 e. The SMILES string of the molecule is CCOc1cccc(NC(=O)CC2SC(=Nc3ccc(F)cc3)N(Cc3cccs3)C2=O)c1. The third kappa shape index (κ3) is 6.00. The van der Waals surface area contributed by atoms with Gasteiger partial charge in [0.15, 0.2) is 5.17 Å². The fourth-order valence-electron chi connectivity index (χ4n) is 3.27. The van der Waals surface area contributed by atoms with E-state index >= 15 is 0 Å². The quantitative estimate of drug-likeness (QED) is 0.463. The lowest BCUT2D eigenvalue weighted by atomic mass is 10.2. The van der Waals surface area contributed by atoms with E-state index in [1.807, 2.05) is 30.5 Å². The average molecular weight is 484 g/mol. The van der Waals surface area contributed by atoms with Crippen LogP contribution < -0.4 is 10.1 Å². The molecule has 1 aliphatic heterocycles. The third-order valence-electron chi connectivity index (χ3n) is 4.77. The molecule has 6 nitrogen and oxygen atoms in total. The second-order valence-electron chi connectivity index (χ2n) is 7.19. The summed E-state index contributed by atoms with van der Waals surface area (Å²) in [6.45, 7) is 2.79. The number of rotatable bonds is 8. The van der Waals surface area contributed by atoms with E-state index in [2.05, 4.69) is 10.3 Å². The summed E-state index contributed by atoms with van der Waals surface area (Å²) in [4.78, 5) is 33.0. The first-order valence-electron chi connectivity index (χ1n) is 10.4. The molecule has 1 saturated heterocycles. The fraction of sp³-hybridized carbons (Fsp3) is 0.208. The molecular weight excluding hydrogens is 461 g/mol. The topological polar surface area (TPSA) is 71.0 Å². The number of ether oxygens (including phenoxy) is 1. The zero-order chi connectivity index (χ0) is 23.2. The highest BCUT2D eigenvalue weighted by Crippen LogP contribution is 2.33. The predicted molar refractivity (Wildman–Crippen MR) is 131 cm³/mol. The van der Waals surface area contributed by atoms with Crippen molar-refractivity contribution in [2.75, 3.05) is 11.9 Å². The second kappa shape index (κ2) is 10.6. The Bertz CT molecular complexity index is 1150. The number of anilines is 1. The van der Waals surface area contributed by atoms with Crippen molar-refractivity contribution in [3.63, 3.8) is 0 Å². The zero-order valence-corrected chi connectivity index (χ0v) is 19.5. The van der Waals surface area contributed by atoms with Crippen LogP contribution in [0.5, 0.6) is 5.75 Å². The summed E-state index contributed by atoms with van der Waals surface area (Å²) in [6.07, 6.45) is 0.00570. The lowest BCUT2D eigenvalue weighted by Gasteiger charge is -2.15. The van der Waals surface area contributed by atoms with E-state index in [-0.39, 0.29) is 24.1 Å². The Morgan fingerprint density at radius 3 is 2.73 bits per heavy atom. The molecule has 3 aromatic rings. The second-order valence-corrected chi connectivity index (χ2v) is 9.40. The van der Waals surface area contributed by atoms with Gasteiger partial charge in [-0.25, -0.2) is 9.38 Å². The van der Waals surface area contributed by atoms with Gasteiger partial charge in [0.05, 0.1) is 18.8 Å². The lowest BCUT2D eigenvalue weighted by Crippen LogP contribution is -2.32. The molecule has 4 rings (SSSR count). The fourth-order valence-corrected chi connectivity index (χ4v) is 5.12. The number of carbonyl (C=O) groups excluding carboxylic acids is 2. The molecule has 170 valence electrons. The van der Waals surface area contributed by atoms with E-state index in [1.54, 1.807) is 46.6 Å². The number of amidine groups is 1. The Morgan fingerprint density at radius 1 is 1.18 bits per heavy atom. The van der Waals surface area contributed by atoms with Gasteiger partial charge in [0.2, 0.25) is 11.8 Å². The summed E-state index contributed by atoms with van der Waals surface area (Å²) in [5.41, 5.74) is 1.15. The van der Waals surface area contributed by atoms with Crippen molar-refractivity contribution >= 4 is 51.5 Å². The third-order valence-corrected chi connectivity index (χ3v) is 6.80. The van der Waals surface area contributed by atoms with Crippen LogP contribution in [-0.4, -0.2) is 33.7 Å². The van der Waals surface area contributed by atoms with Crippen LogP contribution >= 0.6 is 23.1 Å². The summed E-state index contributed by atoms with van der Waals surface area (Å²) >= 11 is 2.80. The summed E-state index contributed by atoms with van der Waals surface area (Å²) in [5.74, 6) is -0.133. The van der Waals surface area contributed by atoms with E-state index in [4.69, 9.17) is 4.74 Å². The lowest BCUT2D eigenvalue weighted by molar-refractivity contribution is -0.128. The number of carbonyl (C=O) groups is 2. The number of thioether (sulfide) groups is 1. The molecule has 1 atom stereocenters. The Morgan fingerprint density at radius 2 is 2.00 bits per heavy atom. The summed E-state index contributed by atoms with van der Waals surface area (Å²) in [7, 11) is 0. The first-order chi connectivity index (χ1) is 16.0. The molecule has 0 bridgehead atoms. The molecule has 0 aliphatic carbocycles. The molecule has 2 aromatic carbocycles. The van der Waals surface area contributed by atoms with E-state index in [1.165, 1.54) is 23.9 Å². The number of nitrogens with one attached hydrogen (secondary N) is 1. The molecule has 2 amide bonds. The molecule has 1 unspecified atom stereocenters. The number of hydrogen-bond acceptors (Lipinski definition) is 6. The van der Waals surface area contributed by atoms with Crippen LogP contribution in [0.1, 0.15) is 18.2 Å². The van der Waals surface area contributed by atoms with Crippen molar-refractivity contribution in [2.24, 2.45) is 4.99 Å². The van der Waals surface area contributed by atoms with Gasteiger partial charge in [-0.05, 0) is 54.8 Å². The minimum absolute atomic E-state index is 0.00570. The first kappa shape index (κ1) is 23.0. The van der Waals surface area contributed by atoms with Gasteiger partial charge in [-0.3, -0.25) is 14.5 Å². The standard InChI is InChI=1S/C24H22FN3O3S2/c1-2-31-19-6-3-5-18(13-19)26-22(29)14-21-23(30)28(15-20-7-4-12-32-20)24(33-21)27-17-10-8-16(25)9-11-17/h3-13,21H,2,14-15H2,1H3,(H,26,29). The Hall–Kier alpha value is -3.17. The summed E-state index contributed by atoms with van der Waals surface area (Å²) in [5, 5.41) is 4.68.